The second-order valence-electron chi connectivity index (χ2n) is 19.1. The van der Waals surface area contributed by atoms with Crippen LogP contribution in [-0.2, 0) is 28.6 Å². The van der Waals surface area contributed by atoms with Gasteiger partial charge in [-0.05, 0) is 108 Å². The largest absolute Gasteiger partial charge is 0.476 e. The van der Waals surface area contributed by atoms with Crippen molar-refractivity contribution in [2.45, 2.75) is 232 Å². The average molecular weight is 1020 g/mol. The van der Waals surface area contributed by atoms with Gasteiger partial charge in [0.25, 0.3) is 0 Å². The summed E-state index contributed by atoms with van der Waals surface area (Å²) in [4.78, 5) is 45.7. The number of ketones is 1. The summed E-state index contributed by atoms with van der Waals surface area (Å²) in [5.74, 6) is 1.79. The molecule has 4 atom stereocenters. The maximum Gasteiger partial charge on any atom is 0.350 e. The highest BCUT2D eigenvalue weighted by Gasteiger charge is 2.32. The van der Waals surface area contributed by atoms with Crippen LogP contribution in [0, 0.1) is 12.3 Å². The Morgan fingerprint density at radius 2 is 1.00 bits per heavy atom. The Bertz CT molecular complexity index is 1740. The summed E-state index contributed by atoms with van der Waals surface area (Å²) in [6.45, 7) is 13.1. The number of esters is 3. The summed E-state index contributed by atoms with van der Waals surface area (Å²) >= 11 is 5.84. The summed E-state index contributed by atoms with van der Waals surface area (Å²) in [6, 6.07) is 13.4. The van der Waals surface area contributed by atoms with Gasteiger partial charge < -0.3 is 39.4 Å². The Balaban J connectivity index is 0.00000104. The molecule has 0 amide bonds. The van der Waals surface area contributed by atoms with E-state index in [9.17, 15) is 39.6 Å². The van der Waals surface area contributed by atoms with Crippen LogP contribution in [0.4, 0.5) is 0 Å². The van der Waals surface area contributed by atoms with E-state index in [4.69, 9.17) is 37.0 Å². The standard InChI is InChI=1S/C20H21ClO4.C19H36O4.C19H34O4/c1-13(2)24-19(23)20(3,4)25-17-11-7-15(8-12-17)18(22)14-5-9-16(21)10-6-14;2*1-3-4-5-6-7-8-9-10-11-12-13-14-18(21)15-19(22)16-23-17(2)20/h5-13H,1-4H3;3,18-19,21-22H,1,4-16H2,2H3;1,18-19,21-22H,4-16H2,2H3. The molecule has 0 saturated heterocycles. The third-order valence-electron chi connectivity index (χ3n) is 11.3. The van der Waals surface area contributed by atoms with Crippen LogP contribution in [0.15, 0.2) is 61.2 Å². The van der Waals surface area contributed by atoms with Crippen LogP contribution in [0.25, 0.3) is 0 Å². The molecule has 71 heavy (non-hydrogen) atoms. The molecule has 0 aliphatic heterocycles. The van der Waals surface area contributed by atoms with E-state index in [1.165, 1.54) is 97.3 Å². The molecule has 0 spiro atoms. The minimum absolute atomic E-state index is 0.0286. The number of terminal acetylenes is 1. The topological polar surface area (TPSA) is 186 Å². The van der Waals surface area contributed by atoms with E-state index in [0.29, 0.717) is 34.7 Å². The molecular formula is C58H91ClO12. The quantitative estimate of drug-likeness (QED) is 0.0126. The molecule has 0 heterocycles. The molecule has 0 aliphatic rings. The van der Waals surface area contributed by atoms with Crippen molar-refractivity contribution in [3.05, 3.63) is 77.3 Å². The van der Waals surface area contributed by atoms with Gasteiger partial charge in [-0.25, -0.2) is 4.79 Å². The fourth-order valence-corrected chi connectivity index (χ4v) is 7.44. The fourth-order valence-electron chi connectivity index (χ4n) is 7.31. The van der Waals surface area contributed by atoms with Crippen molar-refractivity contribution in [2.75, 3.05) is 13.2 Å². The highest BCUT2D eigenvalue weighted by molar-refractivity contribution is 6.30. The van der Waals surface area contributed by atoms with Gasteiger partial charge in [-0.15, -0.1) is 18.9 Å². The van der Waals surface area contributed by atoms with E-state index in [1.54, 1.807) is 76.2 Å². The maximum atomic E-state index is 12.4. The van der Waals surface area contributed by atoms with Gasteiger partial charge in [0.2, 0.25) is 0 Å². The Morgan fingerprint density at radius 3 is 1.38 bits per heavy atom. The van der Waals surface area contributed by atoms with Gasteiger partial charge in [-0.3, -0.25) is 14.4 Å². The first-order chi connectivity index (χ1) is 33.8. The van der Waals surface area contributed by atoms with E-state index >= 15 is 0 Å². The van der Waals surface area contributed by atoms with E-state index in [2.05, 4.69) is 12.5 Å². The summed E-state index contributed by atoms with van der Waals surface area (Å²) in [5, 5.41) is 39.4. The van der Waals surface area contributed by atoms with E-state index in [1.807, 2.05) is 6.08 Å². The van der Waals surface area contributed by atoms with Crippen LogP contribution in [0.1, 0.15) is 212 Å². The number of hydrogen-bond acceptors (Lipinski definition) is 12. The van der Waals surface area contributed by atoms with E-state index < -0.39 is 47.9 Å². The predicted molar refractivity (Wildman–Crippen MR) is 284 cm³/mol. The van der Waals surface area contributed by atoms with Crippen LogP contribution >= 0.6 is 11.6 Å². The highest BCUT2D eigenvalue weighted by Crippen LogP contribution is 2.23. The number of allylic oxidation sites excluding steroid dienone is 1. The zero-order valence-corrected chi connectivity index (χ0v) is 44.9. The lowest BCUT2D eigenvalue weighted by molar-refractivity contribution is -0.163. The molecule has 12 nitrogen and oxygen atoms in total. The number of carbonyl (C=O) groups excluding carboxylic acids is 4. The van der Waals surface area contributed by atoms with Gasteiger partial charge in [0, 0.05) is 49.3 Å². The number of hydrogen-bond donors (Lipinski definition) is 4. The summed E-state index contributed by atoms with van der Waals surface area (Å²) in [6.07, 6.45) is 30.3. The van der Waals surface area contributed by atoms with Crippen LogP contribution in [-0.4, -0.2) is 93.5 Å². The van der Waals surface area contributed by atoms with Crippen LogP contribution in [0.3, 0.4) is 0 Å². The van der Waals surface area contributed by atoms with Crippen LogP contribution in [0.2, 0.25) is 5.02 Å². The van der Waals surface area contributed by atoms with Gasteiger partial charge >= 0.3 is 17.9 Å². The Kier molecular flexibility index (Phi) is 39.7. The van der Waals surface area contributed by atoms with Gasteiger partial charge in [0.1, 0.15) is 19.0 Å². The van der Waals surface area contributed by atoms with Gasteiger partial charge in [0.15, 0.2) is 11.4 Å². The average Bonchev–Trinajstić information content (AvgIpc) is 3.31. The molecule has 2 aromatic carbocycles. The lowest BCUT2D eigenvalue weighted by atomic mass is 10.0. The molecule has 402 valence electrons. The molecule has 0 fully saturated rings. The molecule has 4 unspecified atom stereocenters. The first kappa shape index (κ1) is 66.8. The summed E-state index contributed by atoms with van der Waals surface area (Å²) < 4.78 is 20.3. The molecule has 0 bridgehead atoms. The van der Waals surface area contributed by atoms with Crippen LogP contribution < -0.4 is 4.74 Å². The molecule has 4 N–H and O–H groups in total. The first-order valence-electron chi connectivity index (χ1n) is 26.1. The smallest absolute Gasteiger partial charge is 0.350 e. The molecule has 2 rings (SSSR count). The number of benzene rings is 2. The molecule has 13 heteroatoms. The lowest BCUT2D eigenvalue weighted by Gasteiger charge is -2.25. The van der Waals surface area contributed by atoms with Crippen molar-refractivity contribution in [2.24, 2.45) is 0 Å². The molecular weight excluding hydrogens is 924 g/mol. The van der Waals surface area contributed by atoms with Crippen molar-refractivity contribution in [1.29, 1.82) is 0 Å². The third kappa shape index (κ3) is 39.0. The predicted octanol–water partition coefficient (Wildman–Crippen LogP) is 12.4. The van der Waals surface area contributed by atoms with Crippen molar-refractivity contribution >= 4 is 35.3 Å². The minimum atomic E-state index is -1.12. The highest BCUT2D eigenvalue weighted by atomic mass is 35.5. The lowest BCUT2D eigenvalue weighted by Crippen LogP contribution is -2.40. The molecule has 0 aliphatic carbocycles. The molecule has 0 saturated carbocycles. The summed E-state index contributed by atoms with van der Waals surface area (Å²) in [7, 11) is 0. The monoisotopic (exact) mass is 1010 g/mol. The number of unbranched alkanes of at least 4 members (excludes halogenated alkanes) is 18. The van der Waals surface area contributed by atoms with Gasteiger partial charge in [0.05, 0.1) is 30.5 Å². The summed E-state index contributed by atoms with van der Waals surface area (Å²) in [5.41, 5.74) is -0.0393. The third-order valence-corrected chi connectivity index (χ3v) is 11.5. The van der Waals surface area contributed by atoms with Crippen LogP contribution in [0.5, 0.6) is 5.75 Å². The fraction of sp³-hybridized carbons (Fsp3) is 0.655. The SMILES string of the molecule is C#CCCCCCCCCCCCC(O)CC(O)COC(C)=O.C=CCCCCCCCCCCCC(O)CC(O)COC(C)=O.CC(C)OC(=O)C(C)(C)Oc1ccc(C(=O)c2ccc(Cl)cc2)cc1. The Hall–Kier alpha value is -4.25. The maximum absolute atomic E-state index is 12.4. The first-order valence-corrected chi connectivity index (χ1v) is 26.5. The molecule has 0 radical (unpaired) electrons. The Labute approximate surface area is 432 Å². The van der Waals surface area contributed by atoms with E-state index in [0.717, 1.165) is 44.9 Å². The molecule has 2 aromatic rings. The van der Waals surface area contributed by atoms with Gasteiger partial charge in [-0.1, -0.05) is 120 Å². The number of rotatable bonds is 37. The minimum Gasteiger partial charge on any atom is -0.476 e. The van der Waals surface area contributed by atoms with Crippen molar-refractivity contribution in [3.63, 3.8) is 0 Å². The number of halogens is 1. The Morgan fingerprint density at radius 1 is 0.620 bits per heavy atom. The zero-order valence-electron chi connectivity index (χ0n) is 44.2. The molecule has 0 aromatic heterocycles. The zero-order chi connectivity index (χ0) is 53.3. The number of carbonyl (C=O) groups is 4. The van der Waals surface area contributed by atoms with Gasteiger partial charge in [-0.2, -0.15) is 0 Å². The second kappa shape index (κ2) is 42.3. The second-order valence-corrected chi connectivity index (χ2v) is 19.5. The number of aliphatic hydroxyl groups excluding tert-OH is 4. The van der Waals surface area contributed by atoms with Crippen molar-refractivity contribution in [1.82, 2.24) is 0 Å². The van der Waals surface area contributed by atoms with E-state index in [-0.39, 0.29) is 37.9 Å². The number of ether oxygens (including phenoxy) is 4. The number of aliphatic hydroxyl groups is 4. The van der Waals surface area contributed by atoms with Crippen molar-refractivity contribution < 1.29 is 58.6 Å². The normalized spacial score (nSPS) is 12.7. The van der Waals surface area contributed by atoms with Crippen molar-refractivity contribution in [3.8, 4) is 18.1 Å².